The monoisotopic (exact) mass is 233 g/mol. The van der Waals surface area contributed by atoms with Crippen LogP contribution in [0.4, 0.5) is 0 Å². The lowest BCUT2D eigenvalue weighted by Gasteiger charge is -2.28. The summed E-state index contributed by atoms with van der Waals surface area (Å²) in [6.45, 7) is 5.32. The van der Waals surface area contributed by atoms with Gasteiger partial charge in [-0.15, -0.1) is 0 Å². The van der Waals surface area contributed by atoms with Crippen molar-refractivity contribution in [3.63, 3.8) is 0 Å². The van der Waals surface area contributed by atoms with Crippen LogP contribution in [-0.2, 0) is 4.74 Å². The smallest absolute Gasteiger partial charge is 0.0794 e. The van der Waals surface area contributed by atoms with Gasteiger partial charge in [0.1, 0.15) is 0 Å². The Kier molecular flexibility index (Phi) is 4.19. The van der Waals surface area contributed by atoms with E-state index in [1.807, 2.05) is 7.11 Å². The number of ether oxygens (including phenoxy) is 1. The van der Waals surface area contributed by atoms with Crippen LogP contribution in [0.2, 0.25) is 0 Å². The maximum atomic E-state index is 5.74. The van der Waals surface area contributed by atoms with Crippen LogP contribution in [0.5, 0.6) is 0 Å². The van der Waals surface area contributed by atoms with Gasteiger partial charge in [-0.1, -0.05) is 31.2 Å². The van der Waals surface area contributed by atoms with Gasteiger partial charge in [0, 0.05) is 7.11 Å². The molecule has 17 heavy (non-hydrogen) atoms. The number of benzene rings is 1. The van der Waals surface area contributed by atoms with E-state index in [4.69, 9.17) is 4.74 Å². The highest BCUT2D eigenvalue weighted by Gasteiger charge is 2.37. The van der Waals surface area contributed by atoms with Gasteiger partial charge >= 0.3 is 0 Å². The molecule has 1 aromatic carbocycles. The van der Waals surface area contributed by atoms with Crippen LogP contribution in [0, 0.1) is 12.8 Å². The summed E-state index contributed by atoms with van der Waals surface area (Å²) in [4.78, 5) is 0. The van der Waals surface area contributed by atoms with Crippen LogP contribution in [-0.4, -0.2) is 19.8 Å². The van der Waals surface area contributed by atoms with E-state index < -0.39 is 0 Å². The summed E-state index contributed by atoms with van der Waals surface area (Å²) in [5, 5.41) is 3.59. The first-order valence-electron chi connectivity index (χ1n) is 6.59. The van der Waals surface area contributed by atoms with Gasteiger partial charge in [-0.05, 0) is 43.4 Å². The highest BCUT2D eigenvalue weighted by atomic mass is 16.5. The van der Waals surface area contributed by atoms with E-state index in [9.17, 15) is 0 Å². The van der Waals surface area contributed by atoms with Crippen molar-refractivity contribution in [1.29, 1.82) is 0 Å². The SMILES string of the molecule is CCNC(c1ccccc1C)C(OC)C1CC1. The van der Waals surface area contributed by atoms with E-state index in [1.165, 1.54) is 24.0 Å². The van der Waals surface area contributed by atoms with Gasteiger partial charge in [0.2, 0.25) is 0 Å². The minimum absolute atomic E-state index is 0.316. The third-order valence-corrected chi connectivity index (χ3v) is 3.63. The van der Waals surface area contributed by atoms with Crippen molar-refractivity contribution in [2.45, 2.75) is 38.8 Å². The van der Waals surface area contributed by atoms with Gasteiger partial charge in [-0.2, -0.15) is 0 Å². The quantitative estimate of drug-likeness (QED) is 0.815. The highest BCUT2D eigenvalue weighted by Crippen LogP contribution is 2.40. The predicted molar refractivity (Wildman–Crippen MR) is 71.1 cm³/mol. The molecule has 1 aromatic rings. The Morgan fingerprint density at radius 3 is 2.59 bits per heavy atom. The largest absolute Gasteiger partial charge is 0.379 e. The number of likely N-dealkylation sites (N-methyl/N-ethyl adjacent to an activating group) is 1. The van der Waals surface area contributed by atoms with Crippen molar-refractivity contribution >= 4 is 0 Å². The average Bonchev–Trinajstić information content (AvgIpc) is 3.14. The minimum atomic E-state index is 0.316. The number of nitrogens with one attached hydrogen (secondary N) is 1. The first kappa shape index (κ1) is 12.6. The number of aryl methyl sites for hydroxylation is 1. The van der Waals surface area contributed by atoms with Crippen LogP contribution in [0.1, 0.15) is 36.9 Å². The molecule has 0 bridgehead atoms. The molecule has 1 aliphatic carbocycles. The molecule has 0 aliphatic heterocycles. The summed E-state index contributed by atoms with van der Waals surface area (Å²) >= 11 is 0. The zero-order valence-corrected chi connectivity index (χ0v) is 11.1. The van der Waals surface area contributed by atoms with E-state index >= 15 is 0 Å². The molecule has 2 rings (SSSR count). The molecule has 0 aromatic heterocycles. The van der Waals surface area contributed by atoms with Gasteiger partial charge in [-0.25, -0.2) is 0 Å². The Balaban J connectivity index is 2.24. The first-order valence-corrected chi connectivity index (χ1v) is 6.59. The topological polar surface area (TPSA) is 21.3 Å². The van der Waals surface area contributed by atoms with Crippen LogP contribution in [0.3, 0.4) is 0 Å². The number of rotatable bonds is 6. The fraction of sp³-hybridized carbons (Fsp3) is 0.600. The molecule has 1 fully saturated rings. The highest BCUT2D eigenvalue weighted by molar-refractivity contribution is 5.30. The summed E-state index contributed by atoms with van der Waals surface area (Å²) in [6, 6.07) is 8.95. The molecule has 0 radical (unpaired) electrons. The van der Waals surface area contributed by atoms with Crippen molar-refractivity contribution < 1.29 is 4.74 Å². The number of methoxy groups -OCH3 is 1. The second kappa shape index (κ2) is 5.65. The molecular weight excluding hydrogens is 210 g/mol. The fourth-order valence-corrected chi connectivity index (χ4v) is 2.58. The second-order valence-electron chi connectivity index (χ2n) is 4.93. The van der Waals surface area contributed by atoms with Gasteiger partial charge < -0.3 is 10.1 Å². The van der Waals surface area contributed by atoms with Gasteiger partial charge in [0.05, 0.1) is 12.1 Å². The van der Waals surface area contributed by atoms with Crippen molar-refractivity contribution in [3.05, 3.63) is 35.4 Å². The van der Waals surface area contributed by atoms with Crippen molar-refractivity contribution in [2.24, 2.45) is 5.92 Å². The maximum absolute atomic E-state index is 5.74. The Hall–Kier alpha value is -0.860. The molecule has 1 saturated carbocycles. The van der Waals surface area contributed by atoms with Gasteiger partial charge in [0.15, 0.2) is 0 Å². The summed E-state index contributed by atoms with van der Waals surface area (Å²) < 4.78 is 5.74. The number of hydrogen-bond donors (Lipinski definition) is 1. The van der Waals surface area contributed by atoms with E-state index in [2.05, 4.69) is 43.4 Å². The Bertz CT molecular complexity index is 360. The fourth-order valence-electron chi connectivity index (χ4n) is 2.58. The molecule has 0 heterocycles. The number of hydrogen-bond acceptors (Lipinski definition) is 2. The summed E-state index contributed by atoms with van der Waals surface area (Å²) in [6.07, 6.45) is 2.94. The summed E-state index contributed by atoms with van der Waals surface area (Å²) in [5.41, 5.74) is 2.73. The Morgan fingerprint density at radius 1 is 1.35 bits per heavy atom. The first-order chi connectivity index (χ1) is 8.27. The zero-order chi connectivity index (χ0) is 12.3. The molecule has 0 spiro atoms. The second-order valence-corrected chi connectivity index (χ2v) is 4.93. The molecule has 1 N–H and O–H groups in total. The third-order valence-electron chi connectivity index (χ3n) is 3.63. The van der Waals surface area contributed by atoms with Crippen LogP contribution >= 0.6 is 0 Å². The van der Waals surface area contributed by atoms with Gasteiger partial charge in [-0.3, -0.25) is 0 Å². The molecule has 2 heteroatoms. The van der Waals surface area contributed by atoms with E-state index in [0.29, 0.717) is 12.1 Å². The van der Waals surface area contributed by atoms with E-state index in [-0.39, 0.29) is 0 Å². The summed E-state index contributed by atoms with van der Waals surface area (Å²) in [7, 11) is 1.84. The third kappa shape index (κ3) is 2.88. The van der Waals surface area contributed by atoms with Crippen molar-refractivity contribution in [2.75, 3.05) is 13.7 Å². The summed E-state index contributed by atoms with van der Waals surface area (Å²) in [5.74, 6) is 0.739. The van der Waals surface area contributed by atoms with Crippen LogP contribution in [0.25, 0.3) is 0 Å². The maximum Gasteiger partial charge on any atom is 0.0794 e. The van der Waals surface area contributed by atoms with E-state index in [0.717, 1.165) is 12.5 Å². The van der Waals surface area contributed by atoms with Crippen LogP contribution in [0.15, 0.2) is 24.3 Å². The minimum Gasteiger partial charge on any atom is -0.379 e. The van der Waals surface area contributed by atoms with Crippen LogP contribution < -0.4 is 5.32 Å². The van der Waals surface area contributed by atoms with Crippen molar-refractivity contribution in [3.8, 4) is 0 Å². The standard InChI is InChI=1S/C15H23NO/c1-4-16-14(15(17-3)12-9-10-12)13-8-6-5-7-11(13)2/h5-8,12,14-16H,4,9-10H2,1-3H3. The molecule has 1 aliphatic rings. The normalized spacial score (nSPS) is 19.0. The molecular formula is C15H23NO. The predicted octanol–water partition coefficient (Wildman–Crippen LogP) is 3.07. The Morgan fingerprint density at radius 2 is 2.06 bits per heavy atom. The zero-order valence-electron chi connectivity index (χ0n) is 11.1. The molecule has 0 saturated heterocycles. The van der Waals surface area contributed by atoms with Crippen molar-refractivity contribution in [1.82, 2.24) is 5.32 Å². The molecule has 2 unspecified atom stereocenters. The lowest BCUT2D eigenvalue weighted by Crippen LogP contribution is -2.35. The molecule has 94 valence electrons. The lowest BCUT2D eigenvalue weighted by atomic mass is 9.94. The lowest BCUT2D eigenvalue weighted by molar-refractivity contribution is 0.0510. The average molecular weight is 233 g/mol. The van der Waals surface area contributed by atoms with Gasteiger partial charge in [0.25, 0.3) is 0 Å². The molecule has 2 nitrogen and oxygen atoms in total. The molecule has 0 amide bonds. The molecule has 2 atom stereocenters. The van der Waals surface area contributed by atoms with E-state index in [1.54, 1.807) is 0 Å². The Labute approximate surface area is 104 Å².